The molecule has 5 nitrogen and oxygen atoms in total. The van der Waals surface area contributed by atoms with Crippen molar-refractivity contribution in [2.45, 2.75) is 27.2 Å². The van der Waals surface area contributed by atoms with Gasteiger partial charge in [0.2, 0.25) is 0 Å². The van der Waals surface area contributed by atoms with E-state index in [1.165, 1.54) is 19.1 Å². The highest BCUT2D eigenvalue weighted by Crippen LogP contribution is 2.26. The smallest absolute Gasteiger partial charge is 0.282 e. The minimum Gasteiger partial charge on any atom is -0.372 e. The Kier molecular flexibility index (Phi) is 4.83. The average Bonchev–Trinajstić information content (AvgIpc) is 2.35. The number of benzene rings is 1. The molecule has 0 spiro atoms. The van der Waals surface area contributed by atoms with Gasteiger partial charge in [0.25, 0.3) is 5.69 Å². The van der Waals surface area contributed by atoms with Crippen LogP contribution in [0.5, 0.6) is 0 Å². The lowest BCUT2D eigenvalue weighted by atomic mass is 10.1. The zero-order chi connectivity index (χ0) is 13.7. The average molecular weight is 250 g/mol. The summed E-state index contributed by atoms with van der Waals surface area (Å²) in [6.45, 7) is 7.02. The zero-order valence-electron chi connectivity index (χ0n) is 11.0. The van der Waals surface area contributed by atoms with Crippen LogP contribution >= 0.6 is 0 Å². The highest BCUT2D eigenvalue weighted by atomic mass is 16.6. The minimum atomic E-state index is -0.500. The molecule has 0 saturated carbocycles. The summed E-state index contributed by atoms with van der Waals surface area (Å²) in [4.78, 5) is 23.9. The third-order valence-corrected chi connectivity index (χ3v) is 2.80. The molecule has 0 atom stereocenters. The Labute approximate surface area is 107 Å². The lowest BCUT2D eigenvalue weighted by molar-refractivity contribution is -0.385. The van der Waals surface area contributed by atoms with Crippen molar-refractivity contribution in [1.29, 1.82) is 0 Å². The first-order chi connectivity index (χ1) is 8.51. The molecule has 0 aliphatic rings. The molecule has 98 valence electrons. The topological polar surface area (TPSA) is 63.5 Å². The van der Waals surface area contributed by atoms with Gasteiger partial charge in [-0.3, -0.25) is 14.9 Å². The van der Waals surface area contributed by atoms with Crippen LogP contribution in [-0.4, -0.2) is 23.8 Å². The Balaban J connectivity index is 3.21. The molecule has 0 bridgehead atoms. The number of hydrogen-bond acceptors (Lipinski definition) is 4. The zero-order valence-corrected chi connectivity index (χ0v) is 11.0. The van der Waals surface area contributed by atoms with Crippen molar-refractivity contribution in [3.63, 3.8) is 0 Å². The van der Waals surface area contributed by atoms with Crippen molar-refractivity contribution in [1.82, 2.24) is 0 Å². The molecule has 0 fully saturated rings. The van der Waals surface area contributed by atoms with Crippen molar-refractivity contribution in [3.8, 4) is 0 Å². The first kappa shape index (κ1) is 14.2. The molecule has 0 saturated heterocycles. The van der Waals surface area contributed by atoms with E-state index in [0.29, 0.717) is 0 Å². The van der Waals surface area contributed by atoms with Crippen LogP contribution in [-0.2, 0) is 0 Å². The van der Waals surface area contributed by atoms with Gasteiger partial charge in [0.05, 0.1) is 10.5 Å². The van der Waals surface area contributed by atoms with Gasteiger partial charge >= 0.3 is 0 Å². The van der Waals surface area contributed by atoms with Crippen LogP contribution in [0.25, 0.3) is 0 Å². The first-order valence-electron chi connectivity index (χ1n) is 6.05. The fourth-order valence-electron chi connectivity index (χ4n) is 1.91. The number of hydrogen-bond donors (Lipinski definition) is 0. The Hall–Kier alpha value is -1.91. The van der Waals surface area contributed by atoms with Crippen LogP contribution in [0.1, 0.15) is 37.6 Å². The van der Waals surface area contributed by atoms with Gasteiger partial charge in [-0.15, -0.1) is 0 Å². The number of Topliss-reactive ketones (excluding diaryl/α,β-unsaturated/α-hetero) is 1. The van der Waals surface area contributed by atoms with Crippen molar-refractivity contribution in [2.24, 2.45) is 0 Å². The normalized spacial score (nSPS) is 10.2. The predicted octanol–water partition coefficient (Wildman–Crippen LogP) is 3.03. The molecule has 18 heavy (non-hydrogen) atoms. The van der Waals surface area contributed by atoms with Gasteiger partial charge in [0, 0.05) is 24.8 Å². The summed E-state index contributed by atoms with van der Waals surface area (Å²) in [7, 11) is 0. The summed E-state index contributed by atoms with van der Waals surface area (Å²) >= 11 is 0. The maximum absolute atomic E-state index is 11.3. The van der Waals surface area contributed by atoms with Crippen LogP contribution in [0.3, 0.4) is 0 Å². The molecule has 0 N–H and O–H groups in total. The van der Waals surface area contributed by atoms with E-state index in [1.54, 1.807) is 6.07 Å². The Morgan fingerprint density at radius 1 is 1.39 bits per heavy atom. The lowest BCUT2D eigenvalue weighted by Crippen LogP contribution is -2.23. The Bertz CT molecular complexity index is 458. The van der Waals surface area contributed by atoms with Gasteiger partial charge in [0.15, 0.2) is 5.78 Å². The molecule has 0 aliphatic carbocycles. The van der Waals surface area contributed by atoms with E-state index in [0.717, 1.165) is 25.2 Å². The number of nitrogens with zero attached hydrogens (tertiary/aromatic N) is 2. The molecule has 0 radical (unpaired) electrons. The SMILES string of the molecule is CCCN(CC)c1ccc(C(C)=O)c([N+](=O)[O-])c1. The lowest BCUT2D eigenvalue weighted by Gasteiger charge is -2.22. The Morgan fingerprint density at radius 2 is 2.06 bits per heavy atom. The van der Waals surface area contributed by atoms with Crippen LogP contribution in [0.4, 0.5) is 11.4 Å². The second-order valence-electron chi connectivity index (χ2n) is 4.09. The molecule has 1 rings (SSSR count). The summed E-state index contributed by atoms with van der Waals surface area (Å²) in [5, 5.41) is 11.0. The molecule has 0 unspecified atom stereocenters. The van der Waals surface area contributed by atoms with Crippen LogP contribution < -0.4 is 4.90 Å². The highest BCUT2D eigenvalue weighted by molar-refractivity contribution is 5.98. The minimum absolute atomic E-state index is 0.116. The quantitative estimate of drug-likeness (QED) is 0.442. The largest absolute Gasteiger partial charge is 0.372 e. The van der Waals surface area contributed by atoms with E-state index in [-0.39, 0.29) is 17.0 Å². The van der Waals surface area contributed by atoms with Gasteiger partial charge in [0.1, 0.15) is 0 Å². The fraction of sp³-hybridized carbons (Fsp3) is 0.462. The number of ketones is 1. The fourth-order valence-corrected chi connectivity index (χ4v) is 1.91. The molecule has 0 amide bonds. The summed E-state index contributed by atoms with van der Waals surface area (Å²) in [6, 6.07) is 4.78. The van der Waals surface area contributed by atoms with Gasteiger partial charge < -0.3 is 4.90 Å². The van der Waals surface area contributed by atoms with Gasteiger partial charge in [-0.2, -0.15) is 0 Å². The monoisotopic (exact) mass is 250 g/mol. The molecule has 1 aromatic carbocycles. The van der Waals surface area contributed by atoms with Crippen LogP contribution in [0.2, 0.25) is 0 Å². The van der Waals surface area contributed by atoms with Crippen molar-refractivity contribution < 1.29 is 9.72 Å². The van der Waals surface area contributed by atoms with E-state index < -0.39 is 4.92 Å². The maximum Gasteiger partial charge on any atom is 0.282 e. The first-order valence-corrected chi connectivity index (χ1v) is 6.05. The second-order valence-corrected chi connectivity index (χ2v) is 4.09. The van der Waals surface area contributed by atoms with Crippen LogP contribution in [0.15, 0.2) is 18.2 Å². The summed E-state index contributed by atoms with van der Waals surface area (Å²) in [5.74, 6) is -0.285. The van der Waals surface area contributed by atoms with E-state index in [2.05, 4.69) is 11.8 Å². The molecule has 5 heteroatoms. The molecule has 0 heterocycles. The third-order valence-electron chi connectivity index (χ3n) is 2.80. The molecule has 0 aromatic heterocycles. The van der Waals surface area contributed by atoms with E-state index in [4.69, 9.17) is 0 Å². The predicted molar refractivity (Wildman–Crippen MR) is 71.3 cm³/mol. The molecule has 0 aliphatic heterocycles. The van der Waals surface area contributed by atoms with E-state index in [1.807, 2.05) is 6.92 Å². The van der Waals surface area contributed by atoms with E-state index in [9.17, 15) is 14.9 Å². The maximum atomic E-state index is 11.3. The summed E-state index contributed by atoms with van der Waals surface area (Å²) in [6.07, 6.45) is 0.968. The van der Waals surface area contributed by atoms with Crippen LogP contribution in [0, 0.1) is 10.1 Å². The highest BCUT2D eigenvalue weighted by Gasteiger charge is 2.19. The van der Waals surface area contributed by atoms with Crippen molar-refractivity contribution in [3.05, 3.63) is 33.9 Å². The number of carbonyl (C=O) groups excluding carboxylic acids is 1. The second kappa shape index (κ2) is 6.14. The number of anilines is 1. The number of nitro benzene ring substituents is 1. The van der Waals surface area contributed by atoms with Gasteiger partial charge in [-0.25, -0.2) is 0 Å². The number of carbonyl (C=O) groups is 1. The van der Waals surface area contributed by atoms with Crippen molar-refractivity contribution in [2.75, 3.05) is 18.0 Å². The number of nitro groups is 1. The van der Waals surface area contributed by atoms with Gasteiger partial charge in [-0.1, -0.05) is 6.92 Å². The molecular weight excluding hydrogens is 232 g/mol. The third kappa shape index (κ3) is 3.06. The summed E-state index contributed by atoms with van der Waals surface area (Å²) in [5.41, 5.74) is 0.835. The van der Waals surface area contributed by atoms with Gasteiger partial charge in [-0.05, 0) is 32.4 Å². The standard InChI is InChI=1S/C13H18N2O3/c1-4-8-14(5-2)11-6-7-12(10(3)16)13(9-11)15(17)18/h6-7,9H,4-5,8H2,1-3H3. The molecule has 1 aromatic rings. The van der Waals surface area contributed by atoms with E-state index >= 15 is 0 Å². The summed E-state index contributed by atoms with van der Waals surface area (Å²) < 4.78 is 0. The number of rotatable bonds is 6. The van der Waals surface area contributed by atoms with Crippen molar-refractivity contribution >= 4 is 17.2 Å². The Morgan fingerprint density at radius 3 is 2.50 bits per heavy atom. The molecular formula is C13H18N2O3.